The fraction of sp³-hybridized carbons (Fsp3) is 0.167. The molecule has 28 heavy (non-hydrogen) atoms. The molecule has 10 heteroatoms. The average molecular weight is 460 g/mol. The van der Waals surface area contributed by atoms with E-state index < -0.39 is 18.5 Å². The van der Waals surface area contributed by atoms with Gasteiger partial charge in [0.25, 0.3) is 5.91 Å². The largest absolute Gasteiger partial charge is 0.452 e. The van der Waals surface area contributed by atoms with Crippen molar-refractivity contribution in [2.24, 2.45) is 0 Å². The van der Waals surface area contributed by atoms with Crippen LogP contribution < -0.4 is 10.6 Å². The summed E-state index contributed by atoms with van der Waals surface area (Å²) < 4.78 is 5.02. The Morgan fingerprint density at radius 1 is 1.14 bits per heavy atom. The van der Waals surface area contributed by atoms with Crippen molar-refractivity contribution in [3.63, 3.8) is 0 Å². The van der Waals surface area contributed by atoms with Crippen molar-refractivity contribution in [2.45, 2.75) is 17.1 Å². The zero-order chi connectivity index (χ0) is 20.4. The maximum atomic E-state index is 12.2. The molecule has 0 spiro atoms. The van der Waals surface area contributed by atoms with Crippen molar-refractivity contribution in [3.8, 4) is 0 Å². The van der Waals surface area contributed by atoms with Crippen molar-refractivity contribution in [1.82, 2.24) is 0 Å². The third-order valence-electron chi connectivity index (χ3n) is 3.76. The van der Waals surface area contributed by atoms with Crippen LogP contribution in [0.4, 0.5) is 11.4 Å². The highest BCUT2D eigenvalue weighted by Crippen LogP contribution is 2.36. The third-order valence-corrected chi connectivity index (χ3v) is 5.98. The summed E-state index contributed by atoms with van der Waals surface area (Å²) >= 11 is 19.1. The number of carbonyl (C=O) groups excluding carboxylic acids is 3. The molecule has 0 aliphatic carbocycles. The number of thioether (sulfide) groups is 1. The molecule has 146 valence electrons. The van der Waals surface area contributed by atoms with E-state index in [2.05, 4.69) is 10.6 Å². The molecule has 3 rings (SSSR count). The molecular formula is C18H13Cl3N2O4S. The number of carbonyl (C=O) groups is 3. The molecule has 6 nitrogen and oxygen atoms in total. The van der Waals surface area contributed by atoms with Crippen LogP contribution in [0.3, 0.4) is 0 Å². The van der Waals surface area contributed by atoms with Gasteiger partial charge in [-0.1, -0.05) is 34.8 Å². The van der Waals surface area contributed by atoms with Gasteiger partial charge in [-0.15, -0.1) is 11.8 Å². The number of halogens is 3. The van der Waals surface area contributed by atoms with Crippen LogP contribution in [0, 0.1) is 0 Å². The minimum absolute atomic E-state index is 0.138. The van der Waals surface area contributed by atoms with E-state index in [-0.39, 0.29) is 37.5 Å². The fourth-order valence-electron chi connectivity index (χ4n) is 2.35. The molecule has 2 amide bonds. The second-order valence-corrected chi connectivity index (χ2v) is 8.43. The molecule has 0 radical (unpaired) electrons. The van der Waals surface area contributed by atoms with Crippen molar-refractivity contribution >= 4 is 75.7 Å². The van der Waals surface area contributed by atoms with Gasteiger partial charge in [-0.05, 0) is 37.3 Å². The van der Waals surface area contributed by atoms with E-state index in [4.69, 9.17) is 39.5 Å². The number of hydrogen-bond donors (Lipinski definition) is 2. The number of fused-ring (bicyclic) bond motifs is 1. The number of rotatable bonds is 4. The Morgan fingerprint density at radius 3 is 2.61 bits per heavy atom. The maximum absolute atomic E-state index is 12.2. The summed E-state index contributed by atoms with van der Waals surface area (Å²) in [6, 6.07) is 7.61. The Balaban J connectivity index is 1.61. The Hall–Kier alpha value is -1.93. The van der Waals surface area contributed by atoms with Crippen LogP contribution in [0.5, 0.6) is 0 Å². The first-order valence-corrected chi connectivity index (χ1v) is 9.99. The zero-order valence-corrected chi connectivity index (χ0v) is 17.4. The number of anilines is 2. The van der Waals surface area contributed by atoms with Crippen LogP contribution in [0.15, 0.2) is 35.2 Å². The Morgan fingerprint density at radius 2 is 1.86 bits per heavy atom. The van der Waals surface area contributed by atoms with Crippen LogP contribution in [0.25, 0.3) is 0 Å². The number of nitrogens with one attached hydrogen (secondary N) is 2. The standard InChI is InChI=1S/C18H13Cl3N2O4S/c1-8-17(25)23-14-4-9(2-3-15(14)28-8)18(26)27-7-16(24)22-13-6-11(20)10(19)5-12(13)21/h2-6,8H,7H2,1H3,(H,22,24)(H,23,25). The molecule has 0 fully saturated rings. The Labute approximate surface area is 179 Å². The van der Waals surface area contributed by atoms with Gasteiger partial charge in [0.15, 0.2) is 6.61 Å². The smallest absolute Gasteiger partial charge is 0.338 e. The lowest BCUT2D eigenvalue weighted by Gasteiger charge is -2.21. The fourth-order valence-corrected chi connectivity index (χ4v) is 3.88. The summed E-state index contributed by atoms with van der Waals surface area (Å²) in [4.78, 5) is 36.9. The molecule has 0 saturated carbocycles. The van der Waals surface area contributed by atoms with Gasteiger partial charge in [-0.2, -0.15) is 0 Å². The minimum atomic E-state index is -0.698. The van der Waals surface area contributed by atoms with Gasteiger partial charge in [-0.3, -0.25) is 9.59 Å². The maximum Gasteiger partial charge on any atom is 0.338 e. The van der Waals surface area contributed by atoms with Gasteiger partial charge in [0.2, 0.25) is 5.91 Å². The monoisotopic (exact) mass is 458 g/mol. The summed E-state index contributed by atoms with van der Waals surface area (Å²) in [5, 5.41) is 5.70. The highest BCUT2D eigenvalue weighted by molar-refractivity contribution is 8.00. The van der Waals surface area contributed by atoms with Gasteiger partial charge in [0.1, 0.15) is 0 Å². The van der Waals surface area contributed by atoms with Crippen molar-refractivity contribution in [2.75, 3.05) is 17.2 Å². The van der Waals surface area contributed by atoms with Gasteiger partial charge in [-0.25, -0.2) is 4.79 Å². The molecule has 0 saturated heterocycles. The number of amides is 2. The lowest BCUT2D eigenvalue weighted by Crippen LogP contribution is -2.26. The van der Waals surface area contributed by atoms with E-state index in [0.717, 1.165) is 4.90 Å². The van der Waals surface area contributed by atoms with Crippen LogP contribution in [0.2, 0.25) is 15.1 Å². The first kappa shape index (κ1) is 20.8. The molecule has 1 heterocycles. The van der Waals surface area contributed by atoms with Crippen molar-refractivity contribution in [3.05, 3.63) is 51.0 Å². The van der Waals surface area contributed by atoms with E-state index in [1.807, 2.05) is 0 Å². The van der Waals surface area contributed by atoms with Crippen LogP contribution in [0.1, 0.15) is 17.3 Å². The Bertz CT molecular complexity index is 984. The van der Waals surface area contributed by atoms with Gasteiger partial charge in [0.05, 0.1) is 37.3 Å². The first-order chi connectivity index (χ1) is 13.2. The highest BCUT2D eigenvalue weighted by atomic mass is 35.5. The molecule has 1 unspecified atom stereocenters. The summed E-state index contributed by atoms with van der Waals surface area (Å²) in [5.74, 6) is -1.43. The number of esters is 1. The summed E-state index contributed by atoms with van der Waals surface area (Å²) in [6.07, 6.45) is 0. The molecule has 1 atom stereocenters. The van der Waals surface area contributed by atoms with E-state index in [0.29, 0.717) is 5.69 Å². The van der Waals surface area contributed by atoms with Crippen molar-refractivity contribution < 1.29 is 19.1 Å². The van der Waals surface area contributed by atoms with E-state index in [9.17, 15) is 14.4 Å². The Kier molecular flexibility index (Phi) is 6.40. The topological polar surface area (TPSA) is 84.5 Å². The van der Waals surface area contributed by atoms with Crippen LogP contribution >= 0.6 is 46.6 Å². The first-order valence-electron chi connectivity index (χ1n) is 7.97. The molecule has 0 aromatic heterocycles. The predicted octanol–water partition coefficient (Wildman–Crippen LogP) is 4.88. The average Bonchev–Trinajstić information content (AvgIpc) is 2.64. The summed E-state index contributed by atoms with van der Waals surface area (Å²) in [7, 11) is 0. The van der Waals surface area contributed by atoms with Gasteiger partial charge < -0.3 is 15.4 Å². The minimum Gasteiger partial charge on any atom is -0.452 e. The second-order valence-electron chi connectivity index (χ2n) is 5.83. The van der Waals surface area contributed by atoms with E-state index >= 15 is 0 Å². The van der Waals surface area contributed by atoms with Crippen LogP contribution in [-0.4, -0.2) is 29.6 Å². The van der Waals surface area contributed by atoms with Crippen molar-refractivity contribution in [1.29, 1.82) is 0 Å². The number of hydrogen-bond acceptors (Lipinski definition) is 5. The SMILES string of the molecule is CC1Sc2ccc(C(=O)OCC(=O)Nc3cc(Cl)c(Cl)cc3Cl)cc2NC1=O. The summed E-state index contributed by atoms with van der Waals surface area (Å²) in [6.45, 7) is 1.27. The molecule has 2 aromatic rings. The lowest BCUT2D eigenvalue weighted by atomic mass is 10.2. The lowest BCUT2D eigenvalue weighted by molar-refractivity contribution is -0.119. The zero-order valence-electron chi connectivity index (χ0n) is 14.3. The highest BCUT2D eigenvalue weighted by Gasteiger charge is 2.24. The predicted molar refractivity (Wildman–Crippen MR) is 111 cm³/mol. The summed E-state index contributed by atoms with van der Waals surface area (Å²) in [5.41, 5.74) is 1.00. The van der Waals surface area contributed by atoms with Gasteiger partial charge >= 0.3 is 5.97 Å². The molecule has 0 bridgehead atoms. The van der Waals surface area contributed by atoms with E-state index in [1.54, 1.807) is 19.1 Å². The number of ether oxygens (including phenoxy) is 1. The van der Waals surface area contributed by atoms with Gasteiger partial charge in [0, 0.05) is 4.90 Å². The molecule has 2 N–H and O–H groups in total. The molecule has 2 aromatic carbocycles. The number of benzene rings is 2. The van der Waals surface area contributed by atoms with E-state index in [1.165, 1.54) is 30.0 Å². The van der Waals surface area contributed by atoms with Crippen LogP contribution in [-0.2, 0) is 14.3 Å². The second kappa shape index (κ2) is 8.61. The molecular weight excluding hydrogens is 447 g/mol. The molecule has 1 aliphatic rings. The molecule has 1 aliphatic heterocycles. The quantitative estimate of drug-likeness (QED) is 0.503. The normalized spacial score (nSPS) is 15.4. The third kappa shape index (κ3) is 4.72.